The minimum Gasteiger partial charge on any atom is -0.338 e. The highest BCUT2D eigenvalue weighted by Gasteiger charge is 2.13. The smallest absolute Gasteiger partial charge is 0.254 e. The summed E-state index contributed by atoms with van der Waals surface area (Å²) in [4.78, 5) is 27.1. The first-order chi connectivity index (χ1) is 7.19. The molecule has 0 unspecified atom stereocenters. The van der Waals surface area contributed by atoms with Crippen LogP contribution in [0.25, 0.3) is 0 Å². The first-order valence-corrected chi connectivity index (χ1v) is 5.85. The third kappa shape index (κ3) is 3.20. The van der Waals surface area contributed by atoms with Crippen molar-refractivity contribution in [2.45, 2.75) is 6.92 Å². The molecular formula is C10H13BrN2O2. The molecule has 1 N–H and O–H groups in total. The van der Waals surface area contributed by atoms with Gasteiger partial charge in [-0.2, -0.15) is 0 Å². The zero-order chi connectivity index (χ0) is 11.3. The standard InChI is InChI=1S/C10H13BrN2O2/c1-2-13(6-4-11)10(15)8-3-5-12-9(14)7-8/h3,5,7H,2,4,6H2,1H3,(H,12,14). The summed E-state index contributed by atoms with van der Waals surface area (Å²) < 4.78 is 0. The van der Waals surface area contributed by atoms with Gasteiger partial charge < -0.3 is 9.88 Å². The number of nitrogens with one attached hydrogen (secondary N) is 1. The highest BCUT2D eigenvalue weighted by molar-refractivity contribution is 9.09. The number of carbonyl (C=O) groups is 1. The average Bonchev–Trinajstić information content (AvgIpc) is 2.25. The number of amides is 1. The maximum absolute atomic E-state index is 11.9. The van der Waals surface area contributed by atoms with Gasteiger partial charge in [-0.1, -0.05) is 15.9 Å². The highest BCUT2D eigenvalue weighted by Crippen LogP contribution is 2.02. The molecule has 1 aromatic rings. The van der Waals surface area contributed by atoms with Crippen LogP contribution < -0.4 is 5.56 Å². The summed E-state index contributed by atoms with van der Waals surface area (Å²) in [5.41, 5.74) is 0.178. The third-order valence-corrected chi connectivity index (χ3v) is 2.40. The predicted octanol–water partition coefficient (Wildman–Crippen LogP) is 1.23. The van der Waals surface area contributed by atoms with Crippen molar-refractivity contribution < 1.29 is 4.79 Å². The van der Waals surface area contributed by atoms with E-state index in [1.54, 1.807) is 11.0 Å². The van der Waals surface area contributed by atoms with Gasteiger partial charge >= 0.3 is 0 Å². The second kappa shape index (κ2) is 5.70. The summed E-state index contributed by atoms with van der Waals surface area (Å²) in [7, 11) is 0. The summed E-state index contributed by atoms with van der Waals surface area (Å²) in [5, 5.41) is 0.732. The molecule has 1 heterocycles. The molecule has 0 fully saturated rings. The largest absolute Gasteiger partial charge is 0.338 e. The van der Waals surface area contributed by atoms with E-state index in [-0.39, 0.29) is 11.5 Å². The van der Waals surface area contributed by atoms with Crippen LogP contribution >= 0.6 is 15.9 Å². The van der Waals surface area contributed by atoms with Crippen molar-refractivity contribution in [2.24, 2.45) is 0 Å². The van der Waals surface area contributed by atoms with Crippen molar-refractivity contribution in [3.63, 3.8) is 0 Å². The first kappa shape index (κ1) is 12.0. The Morgan fingerprint density at radius 2 is 2.33 bits per heavy atom. The minimum atomic E-state index is -0.254. The predicted molar refractivity (Wildman–Crippen MR) is 62.4 cm³/mol. The van der Waals surface area contributed by atoms with Gasteiger partial charge in [-0.05, 0) is 13.0 Å². The SMILES string of the molecule is CCN(CCBr)C(=O)c1cc[nH]c(=O)c1. The molecular weight excluding hydrogens is 260 g/mol. The lowest BCUT2D eigenvalue weighted by atomic mass is 10.2. The molecule has 0 aromatic carbocycles. The van der Waals surface area contributed by atoms with Crippen molar-refractivity contribution in [2.75, 3.05) is 18.4 Å². The number of halogens is 1. The molecule has 0 aliphatic carbocycles. The molecule has 82 valence electrons. The molecule has 0 bridgehead atoms. The Morgan fingerprint density at radius 3 is 2.87 bits per heavy atom. The molecule has 0 saturated heterocycles. The van der Waals surface area contributed by atoms with Crippen molar-refractivity contribution in [3.8, 4) is 0 Å². The quantitative estimate of drug-likeness (QED) is 0.839. The monoisotopic (exact) mass is 272 g/mol. The van der Waals surface area contributed by atoms with Gasteiger partial charge in [0.2, 0.25) is 5.56 Å². The van der Waals surface area contributed by atoms with E-state index in [4.69, 9.17) is 0 Å². The van der Waals surface area contributed by atoms with Crippen LogP contribution in [0.15, 0.2) is 23.1 Å². The van der Waals surface area contributed by atoms with Crippen molar-refractivity contribution in [1.29, 1.82) is 0 Å². The van der Waals surface area contributed by atoms with Crippen LogP contribution in [0.3, 0.4) is 0 Å². The van der Waals surface area contributed by atoms with E-state index in [1.807, 2.05) is 6.92 Å². The number of hydrogen-bond acceptors (Lipinski definition) is 2. The number of carbonyl (C=O) groups excluding carboxylic acids is 1. The van der Waals surface area contributed by atoms with E-state index in [1.165, 1.54) is 12.3 Å². The van der Waals surface area contributed by atoms with Gasteiger partial charge in [0.15, 0.2) is 0 Å². The average molecular weight is 273 g/mol. The van der Waals surface area contributed by atoms with Crippen molar-refractivity contribution >= 4 is 21.8 Å². The Balaban J connectivity index is 2.87. The molecule has 0 aliphatic heterocycles. The summed E-state index contributed by atoms with van der Waals surface area (Å²) in [6.45, 7) is 3.19. The molecule has 5 heteroatoms. The maximum Gasteiger partial charge on any atom is 0.254 e. The fraction of sp³-hybridized carbons (Fsp3) is 0.400. The van der Waals surface area contributed by atoms with Gasteiger partial charge in [0.1, 0.15) is 0 Å². The molecule has 0 radical (unpaired) electrons. The molecule has 1 rings (SSSR count). The van der Waals surface area contributed by atoms with Crippen LogP contribution in [-0.4, -0.2) is 34.2 Å². The normalized spacial score (nSPS) is 10.0. The van der Waals surface area contributed by atoms with Gasteiger partial charge in [-0.3, -0.25) is 9.59 Å². The van der Waals surface area contributed by atoms with Crippen LogP contribution in [0.4, 0.5) is 0 Å². The Morgan fingerprint density at radius 1 is 1.60 bits per heavy atom. The molecule has 0 saturated carbocycles. The Hall–Kier alpha value is -1.10. The van der Waals surface area contributed by atoms with Gasteiger partial charge in [-0.15, -0.1) is 0 Å². The first-order valence-electron chi connectivity index (χ1n) is 4.73. The fourth-order valence-corrected chi connectivity index (χ4v) is 1.69. The number of aromatic nitrogens is 1. The summed E-state index contributed by atoms with van der Waals surface area (Å²) >= 11 is 3.28. The number of aromatic amines is 1. The second-order valence-electron chi connectivity index (χ2n) is 3.02. The van der Waals surface area contributed by atoms with E-state index in [0.29, 0.717) is 18.7 Å². The Kier molecular flexibility index (Phi) is 4.55. The Labute approximate surface area is 96.4 Å². The van der Waals surface area contributed by atoms with Crippen molar-refractivity contribution in [3.05, 3.63) is 34.2 Å². The lowest BCUT2D eigenvalue weighted by Crippen LogP contribution is -2.33. The van der Waals surface area contributed by atoms with Crippen LogP contribution in [0.5, 0.6) is 0 Å². The third-order valence-electron chi connectivity index (χ3n) is 2.05. The topological polar surface area (TPSA) is 53.2 Å². The molecule has 15 heavy (non-hydrogen) atoms. The number of hydrogen-bond donors (Lipinski definition) is 1. The molecule has 0 atom stereocenters. The van der Waals surface area contributed by atoms with E-state index in [9.17, 15) is 9.59 Å². The number of alkyl halides is 1. The van der Waals surface area contributed by atoms with Crippen molar-refractivity contribution in [1.82, 2.24) is 9.88 Å². The van der Waals surface area contributed by atoms with Gasteiger partial charge in [0.25, 0.3) is 5.91 Å². The summed E-state index contributed by atoms with van der Waals surface area (Å²) in [5.74, 6) is -0.108. The van der Waals surface area contributed by atoms with Gasteiger partial charge in [0, 0.05) is 36.2 Å². The lowest BCUT2D eigenvalue weighted by molar-refractivity contribution is 0.0774. The highest BCUT2D eigenvalue weighted by atomic mass is 79.9. The van der Waals surface area contributed by atoms with E-state index in [2.05, 4.69) is 20.9 Å². The zero-order valence-corrected chi connectivity index (χ0v) is 10.1. The molecule has 1 amide bonds. The van der Waals surface area contributed by atoms with Gasteiger partial charge in [0.05, 0.1) is 0 Å². The minimum absolute atomic E-state index is 0.108. The van der Waals surface area contributed by atoms with Crippen LogP contribution in [0, 0.1) is 0 Å². The number of pyridine rings is 1. The van der Waals surface area contributed by atoms with E-state index >= 15 is 0 Å². The lowest BCUT2D eigenvalue weighted by Gasteiger charge is -2.19. The van der Waals surface area contributed by atoms with E-state index < -0.39 is 0 Å². The molecule has 0 aliphatic rings. The van der Waals surface area contributed by atoms with Gasteiger partial charge in [-0.25, -0.2) is 0 Å². The number of H-pyrrole nitrogens is 1. The zero-order valence-electron chi connectivity index (χ0n) is 8.50. The summed E-state index contributed by atoms with van der Waals surface area (Å²) in [6.07, 6.45) is 1.48. The molecule has 0 spiro atoms. The Bertz CT molecular complexity index is 389. The molecule has 4 nitrogen and oxygen atoms in total. The van der Waals surface area contributed by atoms with Crippen LogP contribution in [0.2, 0.25) is 0 Å². The fourth-order valence-electron chi connectivity index (χ4n) is 1.27. The number of rotatable bonds is 4. The molecule has 1 aromatic heterocycles. The number of nitrogens with zero attached hydrogens (tertiary/aromatic N) is 1. The van der Waals surface area contributed by atoms with Crippen LogP contribution in [0.1, 0.15) is 17.3 Å². The second-order valence-corrected chi connectivity index (χ2v) is 3.81. The van der Waals surface area contributed by atoms with Crippen LogP contribution in [-0.2, 0) is 0 Å². The maximum atomic E-state index is 11.9. The summed E-state index contributed by atoms with van der Waals surface area (Å²) in [6, 6.07) is 2.93. The van der Waals surface area contributed by atoms with E-state index in [0.717, 1.165) is 5.33 Å².